The average molecular weight is 257 g/mol. The fourth-order valence-electron chi connectivity index (χ4n) is 2.03. The Kier molecular flexibility index (Phi) is 4.26. The van der Waals surface area contributed by atoms with Crippen molar-refractivity contribution in [2.45, 2.75) is 18.9 Å². The topological polar surface area (TPSA) is 63.4 Å². The zero-order chi connectivity index (χ0) is 13.7. The Labute approximate surface area is 111 Å². The van der Waals surface area contributed by atoms with Crippen LogP contribution in [0.25, 0.3) is 0 Å². The number of para-hydroxylation sites is 1. The molecule has 2 aromatic rings. The lowest BCUT2D eigenvalue weighted by Crippen LogP contribution is -2.01. The van der Waals surface area contributed by atoms with Gasteiger partial charge in [-0.1, -0.05) is 48.5 Å². The van der Waals surface area contributed by atoms with E-state index in [9.17, 15) is 15.2 Å². The molecule has 0 heterocycles. The van der Waals surface area contributed by atoms with Gasteiger partial charge in [0.05, 0.1) is 11.0 Å². The Balaban J connectivity index is 2.05. The molecule has 19 heavy (non-hydrogen) atoms. The van der Waals surface area contributed by atoms with Crippen molar-refractivity contribution in [2.75, 3.05) is 0 Å². The Hall–Kier alpha value is -2.20. The standard InChI is InChI=1S/C15H15NO3/c17-15(13-7-2-1-3-8-13)11-10-12-6-4-5-9-14(12)16(18)19/h1-9,15,17H,10-11H2. The maximum Gasteiger partial charge on any atom is 0.272 e. The first-order valence-electron chi connectivity index (χ1n) is 6.14. The summed E-state index contributed by atoms with van der Waals surface area (Å²) in [7, 11) is 0. The molecule has 0 amide bonds. The van der Waals surface area contributed by atoms with Crippen LogP contribution >= 0.6 is 0 Å². The van der Waals surface area contributed by atoms with Crippen LogP contribution in [-0.2, 0) is 6.42 Å². The van der Waals surface area contributed by atoms with Gasteiger partial charge in [-0.05, 0) is 18.4 Å². The smallest absolute Gasteiger partial charge is 0.272 e. The summed E-state index contributed by atoms with van der Waals surface area (Å²) in [5.74, 6) is 0. The largest absolute Gasteiger partial charge is 0.388 e. The van der Waals surface area contributed by atoms with Gasteiger partial charge in [0.1, 0.15) is 0 Å². The summed E-state index contributed by atoms with van der Waals surface area (Å²) >= 11 is 0. The summed E-state index contributed by atoms with van der Waals surface area (Å²) in [4.78, 5) is 10.5. The molecule has 0 spiro atoms. The number of rotatable bonds is 5. The Bertz CT molecular complexity index is 554. The van der Waals surface area contributed by atoms with E-state index in [0.29, 0.717) is 18.4 Å². The number of nitrogens with zero attached hydrogens (tertiary/aromatic N) is 1. The van der Waals surface area contributed by atoms with Gasteiger partial charge in [0.2, 0.25) is 0 Å². The van der Waals surface area contributed by atoms with Crippen molar-refractivity contribution in [1.29, 1.82) is 0 Å². The van der Waals surface area contributed by atoms with E-state index in [1.54, 1.807) is 18.2 Å². The van der Waals surface area contributed by atoms with Crippen LogP contribution in [0.4, 0.5) is 5.69 Å². The van der Waals surface area contributed by atoms with Crippen molar-refractivity contribution >= 4 is 5.69 Å². The maximum atomic E-state index is 10.9. The molecule has 4 heteroatoms. The van der Waals surface area contributed by atoms with E-state index in [0.717, 1.165) is 5.56 Å². The van der Waals surface area contributed by atoms with Crippen molar-refractivity contribution in [3.05, 3.63) is 75.8 Å². The first-order chi connectivity index (χ1) is 9.18. The molecule has 2 aromatic carbocycles. The molecule has 1 atom stereocenters. The van der Waals surface area contributed by atoms with E-state index in [1.165, 1.54) is 6.07 Å². The van der Waals surface area contributed by atoms with E-state index in [4.69, 9.17) is 0 Å². The van der Waals surface area contributed by atoms with Gasteiger partial charge < -0.3 is 5.11 Å². The van der Waals surface area contributed by atoms with Crippen molar-refractivity contribution in [3.63, 3.8) is 0 Å². The third kappa shape index (κ3) is 3.39. The molecule has 0 aliphatic rings. The van der Waals surface area contributed by atoms with Gasteiger partial charge in [0.25, 0.3) is 5.69 Å². The van der Waals surface area contributed by atoms with Crippen LogP contribution in [0.1, 0.15) is 23.7 Å². The number of aryl methyl sites for hydroxylation is 1. The van der Waals surface area contributed by atoms with Crippen LogP contribution in [0.3, 0.4) is 0 Å². The van der Waals surface area contributed by atoms with Gasteiger partial charge in [-0.25, -0.2) is 0 Å². The summed E-state index contributed by atoms with van der Waals surface area (Å²) in [6, 6.07) is 16.0. The van der Waals surface area contributed by atoms with Crippen LogP contribution in [0.15, 0.2) is 54.6 Å². The van der Waals surface area contributed by atoms with Gasteiger partial charge >= 0.3 is 0 Å². The minimum atomic E-state index is -0.596. The highest BCUT2D eigenvalue weighted by atomic mass is 16.6. The molecular formula is C15H15NO3. The van der Waals surface area contributed by atoms with E-state index in [1.807, 2.05) is 30.3 Å². The maximum absolute atomic E-state index is 10.9. The van der Waals surface area contributed by atoms with E-state index in [-0.39, 0.29) is 10.6 Å². The van der Waals surface area contributed by atoms with Gasteiger partial charge in [0.15, 0.2) is 0 Å². The molecule has 98 valence electrons. The predicted octanol–water partition coefficient (Wildman–Crippen LogP) is 3.26. The lowest BCUT2D eigenvalue weighted by molar-refractivity contribution is -0.385. The minimum Gasteiger partial charge on any atom is -0.388 e. The first kappa shape index (κ1) is 13.2. The second kappa shape index (κ2) is 6.11. The molecule has 0 aliphatic heterocycles. The van der Waals surface area contributed by atoms with Crippen molar-refractivity contribution in [3.8, 4) is 0 Å². The van der Waals surface area contributed by atoms with E-state index < -0.39 is 6.10 Å². The zero-order valence-electron chi connectivity index (χ0n) is 10.4. The van der Waals surface area contributed by atoms with E-state index >= 15 is 0 Å². The highest BCUT2D eigenvalue weighted by Crippen LogP contribution is 2.23. The number of aliphatic hydroxyl groups is 1. The van der Waals surface area contributed by atoms with Crippen LogP contribution in [-0.4, -0.2) is 10.0 Å². The normalized spacial score (nSPS) is 12.1. The molecule has 1 unspecified atom stereocenters. The van der Waals surface area contributed by atoms with Crippen molar-refractivity contribution < 1.29 is 10.0 Å². The number of nitro benzene ring substituents is 1. The number of benzene rings is 2. The van der Waals surface area contributed by atoms with Crippen LogP contribution in [0.2, 0.25) is 0 Å². The van der Waals surface area contributed by atoms with Gasteiger partial charge in [-0.2, -0.15) is 0 Å². The number of hydrogen-bond acceptors (Lipinski definition) is 3. The molecule has 0 saturated heterocycles. The van der Waals surface area contributed by atoms with Crippen LogP contribution < -0.4 is 0 Å². The predicted molar refractivity (Wildman–Crippen MR) is 72.8 cm³/mol. The molecule has 0 aromatic heterocycles. The first-order valence-corrected chi connectivity index (χ1v) is 6.14. The molecule has 0 saturated carbocycles. The summed E-state index contributed by atoms with van der Waals surface area (Å²) < 4.78 is 0. The summed E-state index contributed by atoms with van der Waals surface area (Å²) in [6.45, 7) is 0. The quantitative estimate of drug-likeness (QED) is 0.660. The highest BCUT2D eigenvalue weighted by Gasteiger charge is 2.14. The number of nitro groups is 1. The minimum absolute atomic E-state index is 0.114. The van der Waals surface area contributed by atoms with Crippen molar-refractivity contribution in [1.82, 2.24) is 0 Å². The Morgan fingerprint density at radius 2 is 1.68 bits per heavy atom. The summed E-state index contributed by atoms with van der Waals surface area (Å²) in [5, 5.41) is 20.9. The van der Waals surface area contributed by atoms with Gasteiger partial charge in [-0.15, -0.1) is 0 Å². The molecule has 1 N–H and O–H groups in total. The summed E-state index contributed by atoms with van der Waals surface area (Å²) in [5.41, 5.74) is 1.60. The third-order valence-electron chi connectivity index (χ3n) is 3.06. The monoisotopic (exact) mass is 257 g/mol. The van der Waals surface area contributed by atoms with E-state index in [2.05, 4.69) is 0 Å². The van der Waals surface area contributed by atoms with Crippen LogP contribution in [0, 0.1) is 10.1 Å². The fraction of sp³-hybridized carbons (Fsp3) is 0.200. The Morgan fingerprint density at radius 1 is 1.05 bits per heavy atom. The van der Waals surface area contributed by atoms with Gasteiger partial charge in [-0.3, -0.25) is 10.1 Å². The van der Waals surface area contributed by atoms with Crippen molar-refractivity contribution in [2.24, 2.45) is 0 Å². The van der Waals surface area contributed by atoms with Crippen LogP contribution in [0.5, 0.6) is 0 Å². The molecule has 4 nitrogen and oxygen atoms in total. The SMILES string of the molecule is O=[N+]([O-])c1ccccc1CCC(O)c1ccccc1. The lowest BCUT2D eigenvalue weighted by Gasteiger charge is -2.10. The molecule has 2 rings (SSSR count). The second-order valence-corrected chi connectivity index (χ2v) is 4.35. The highest BCUT2D eigenvalue weighted by molar-refractivity contribution is 5.39. The number of hydrogen-bond donors (Lipinski definition) is 1. The average Bonchev–Trinajstić information content (AvgIpc) is 2.46. The second-order valence-electron chi connectivity index (χ2n) is 4.35. The zero-order valence-corrected chi connectivity index (χ0v) is 10.4. The lowest BCUT2D eigenvalue weighted by atomic mass is 10.0. The molecule has 0 bridgehead atoms. The third-order valence-corrected chi connectivity index (χ3v) is 3.06. The molecule has 0 fully saturated rings. The molecular weight excluding hydrogens is 242 g/mol. The Morgan fingerprint density at radius 3 is 2.37 bits per heavy atom. The fourth-order valence-corrected chi connectivity index (χ4v) is 2.03. The molecule has 0 radical (unpaired) electrons. The molecule has 0 aliphatic carbocycles. The van der Waals surface area contributed by atoms with Gasteiger partial charge in [0, 0.05) is 11.6 Å². The number of aliphatic hydroxyl groups excluding tert-OH is 1. The summed E-state index contributed by atoms with van der Waals surface area (Å²) in [6.07, 6.45) is 0.350.